The van der Waals surface area contributed by atoms with Gasteiger partial charge in [0.15, 0.2) is 0 Å². The Morgan fingerprint density at radius 3 is 1.73 bits per heavy atom. The van der Waals surface area contributed by atoms with Gasteiger partial charge in [-0.05, 0) is 156 Å². The number of hydrogen-bond donors (Lipinski definition) is 5. The maximum absolute atomic E-state index is 12.4. The Labute approximate surface area is 379 Å². The first-order valence-corrected chi connectivity index (χ1v) is 29.6. The predicted molar refractivity (Wildman–Crippen MR) is 252 cm³/mol. The predicted octanol–water partition coefficient (Wildman–Crippen LogP) is 5.11. The number of nitrogens with two attached hydrogens (primary N) is 1. The van der Waals surface area contributed by atoms with Gasteiger partial charge in [-0.1, -0.05) is 31.8 Å². The zero-order valence-corrected chi connectivity index (χ0v) is 41.4. The van der Waals surface area contributed by atoms with Crippen LogP contribution in [0.1, 0.15) is 70.2 Å². The Hall–Kier alpha value is -3.47. The Balaban J connectivity index is 0.000000187. The standard InChI is InChI=1S/C20H29ClN4O3SSi.C18H26N6O2S.C4H12N2/c1-30(2,3)11-10-28-13-25-19(23-20(24-25)29(21,26)27)22-18-16-8-4-6-14(16)12-15-7-5-9-17(15)18;1-24(2)10-9-19-27(25,26)18-21-17(22-23-18)20-16-14-7-3-5-12(14)11-13-6-4-8-15(13)16;1-6(2)4-3-5/h12H,4-11,13H2,1-3H3,(H,22,23,24);11,19H,3-10H2,1-2H3,(H2,20,21,22,23);3-5H2,1-2H3. The smallest absolute Gasteiger partial charge is 0.298 e. The summed E-state index contributed by atoms with van der Waals surface area (Å²) in [5, 5.41) is 16.9. The van der Waals surface area contributed by atoms with Crippen molar-refractivity contribution in [1.29, 1.82) is 0 Å². The van der Waals surface area contributed by atoms with E-state index < -0.39 is 32.3 Å². The van der Waals surface area contributed by atoms with Crippen LogP contribution in [0.4, 0.5) is 23.3 Å². The summed E-state index contributed by atoms with van der Waals surface area (Å²) in [6.45, 7) is 10.3. The van der Waals surface area contributed by atoms with E-state index in [0.29, 0.717) is 31.6 Å². The summed E-state index contributed by atoms with van der Waals surface area (Å²) in [6, 6.07) is 5.73. The van der Waals surface area contributed by atoms with Gasteiger partial charge in [0.25, 0.3) is 29.4 Å². The number of halogens is 1. The summed E-state index contributed by atoms with van der Waals surface area (Å²) in [5.41, 5.74) is 18.3. The molecule has 0 saturated heterocycles. The summed E-state index contributed by atoms with van der Waals surface area (Å²) < 4.78 is 58.2. The van der Waals surface area contributed by atoms with Gasteiger partial charge < -0.3 is 30.9 Å². The number of rotatable bonds is 17. The van der Waals surface area contributed by atoms with E-state index in [1.165, 1.54) is 49.2 Å². The van der Waals surface area contributed by atoms with Gasteiger partial charge in [0.05, 0.1) is 0 Å². The number of nitrogens with zero attached hydrogens (tertiary/aromatic N) is 7. The molecule has 21 heteroatoms. The van der Waals surface area contributed by atoms with Crippen LogP contribution in [0.25, 0.3) is 0 Å². The second kappa shape index (κ2) is 21.2. The van der Waals surface area contributed by atoms with Crippen LogP contribution in [-0.2, 0) is 81.9 Å². The van der Waals surface area contributed by atoms with Gasteiger partial charge in [-0.15, -0.1) is 10.2 Å². The lowest BCUT2D eigenvalue weighted by molar-refractivity contribution is 0.0792. The average Bonchev–Trinajstić information content (AvgIpc) is 4.05. The molecule has 0 atom stereocenters. The quantitative estimate of drug-likeness (QED) is 0.0528. The average molecular weight is 948 g/mol. The van der Waals surface area contributed by atoms with E-state index in [0.717, 1.165) is 108 Å². The molecule has 348 valence electrons. The minimum atomic E-state index is -4.03. The first-order chi connectivity index (χ1) is 29.8. The van der Waals surface area contributed by atoms with Gasteiger partial charge in [-0.25, -0.2) is 31.3 Å². The Morgan fingerprint density at radius 1 is 0.778 bits per heavy atom. The highest BCUT2D eigenvalue weighted by molar-refractivity contribution is 8.13. The largest absolute Gasteiger partial charge is 0.359 e. The maximum Gasteiger partial charge on any atom is 0.298 e. The number of anilines is 4. The lowest BCUT2D eigenvalue weighted by Crippen LogP contribution is -2.32. The van der Waals surface area contributed by atoms with E-state index in [4.69, 9.17) is 21.2 Å². The van der Waals surface area contributed by atoms with Gasteiger partial charge in [0.1, 0.15) is 6.73 Å². The molecule has 4 aromatic rings. The van der Waals surface area contributed by atoms with E-state index >= 15 is 0 Å². The molecule has 0 unspecified atom stereocenters. The summed E-state index contributed by atoms with van der Waals surface area (Å²) >= 11 is 0. The van der Waals surface area contributed by atoms with Crippen LogP contribution in [0, 0.1) is 0 Å². The van der Waals surface area contributed by atoms with Crippen molar-refractivity contribution < 1.29 is 21.6 Å². The molecule has 6 N–H and O–H groups in total. The summed E-state index contributed by atoms with van der Waals surface area (Å²) in [4.78, 5) is 12.4. The van der Waals surface area contributed by atoms with Crippen molar-refractivity contribution in [3.8, 4) is 0 Å². The van der Waals surface area contributed by atoms with Crippen LogP contribution in [0.5, 0.6) is 0 Å². The van der Waals surface area contributed by atoms with Crippen molar-refractivity contribution in [2.75, 3.05) is 71.6 Å². The van der Waals surface area contributed by atoms with Crippen LogP contribution in [0.3, 0.4) is 0 Å². The van der Waals surface area contributed by atoms with Crippen LogP contribution in [0.2, 0.25) is 25.7 Å². The fraction of sp³-hybridized carbons (Fsp3) is 0.619. The van der Waals surface area contributed by atoms with E-state index in [1.54, 1.807) is 0 Å². The molecular weight excluding hydrogens is 880 g/mol. The Kier molecular flexibility index (Phi) is 16.5. The van der Waals surface area contributed by atoms with Crippen molar-refractivity contribution in [1.82, 2.24) is 44.5 Å². The number of sulfonamides is 1. The summed E-state index contributed by atoms with van der Waals surface area (Å²) in [5.74, 6) is 0.661. The molecule has 4 aliphatic rings. The highest BCUT2D eigenvalue weighted by atomic mass is 35.7. The highest BCUT2D eigenvalue weighted by Gasteiger charge is 2.28. The molecule has 0 aliphatic heterocycles. The maximum atomic E-state index is 12.4. The van der Waals surface area contributed by atoms with Gasteiger partial charge in [-0.2, -0.15) is 9.97 Å². The van der Waals surface area contributed by atoms with Crippen LogP contribution in [0.15, 0.2) is 22.4 Å². The number of likely N-dealkylation sites (N-methyl/N-ethyl adjacent to an activating group) is 2. The number of nitrogens with one attached hydrogen (secondary N) is 4. The molecule has 0 amide bonds. The van der Waals surface area contributed by atoms with Crippen molar-refractivity contribution >= 4 is 61.1 Å². The van der Waals surface area contributed by atoms with Crippen molar-refractivity contribution in [2.45, 2.75) is 120 Å². The SMILES string of the molecule is CN(C)CCN.CN(C)CCNS(=O)(=O)c1nc(Nc2c3c(cc4c2CCC4)CCC3)n[nH]1.C[Si](C)(C)CCOCn1nc(S(=O)(=O)Cl)nc1Nc1c2c(cc3c1CCC3)CCC2. The first kappa shape index (κ1) is 49.0. The number of hydrogen-bond acceptors (Lipinski definition) is 14. The molecule has 0 bridgehead atoms. The summed E-state index contributed by atoms with van der Waals surface area (Å²) in [7, 11) is 4.37. The van der Waals surface area contributed by atoms with Crippen LogP contribution >= 0.6 is 10.7 Å². The fourth-order valence-electron chi connectivity index (χ4n) is 8.45. The molecule has 2 aromatic heterocycles. The number of aromatic nitrogens is 6. The molecule has 0 saturated carbocycles. The summed E-state index contributed by atoms with van der Waals surface area (Å²) in [6.07, 6.45) is 13.1. The number of aromatic amines is 1. The third-order valence-corrected chi connectivity index (χ3v) is 15.6. The van der Waals surface area contributed by atoms with E-state index in [-0.39, 0.29) is 11.9 Å². The molecule has 2 heterocycles. The zero-order valence-electron chi connectivity index (χ0n) is 38.0. The molecule has 17 nitrogen and oxygen atoms in total. The Morgan fingerprint density at radius 2 is 1.29 bits per heavy atom. The lowest BCUT2D eigenvalue weighted by Gasteiger charge is -2.18. The second-order valence-corrected chi connectivity index (χ2v) is 28.2. The number of ether oxygens (including phenoxy) is 1. The minimum absolute atomic E-state index is 0.128. The molecule has 0 spiro atoms. The molecule has 4 aliphatic carbocycles. The van der Waals surface area contributed by atoms with Gasteiger partial charge >= 0.3 is 0 Å². The lowest BCUT2D eigenvalue weighted by atomic mass is 9.99. The van der Waals surface area contributed by atoms with Gasteiger partial charge in [0, 0.05) is 62.9 Å². The molecule has 8 rings (SSSR count). The van der Waals surface area contributed by atoms with Crippen LogP contribution < -0.4 is 21.1 Å². The number of fused-ring (bicyclic) bond motifs is 4. The zero-order chi connectivity index (χ0) is 45.5. The molecule has 2 aromatic carbocycles. The third kappa shape index (κ3) is 13.1. The minimum Gasteiger partial charge on any atom is -0.359 e. The normalized spacial score (nSPS) is 15.4. The van der Waals surface area contributed by atoms with E-state index in [9.17, 15) is 16.8 Å². The fourth-order valence-corrected chi connectivity index (χ4v) is 10.7. The van der Waals surface area contributed by atoms with Crippen molar-refractivity contribution in [3.63, 3.8) is 0 Å². The first-order valence-electron chi connectivity index (χ1n) is 22.1. The topological polar surface area (TPSA) is 218 Å². The van der Waals surface area contributed by atoms with Gasteiger partial charge in [-0.3, -0.25) is 0 Å². The molecule has 63 heavy (non-hydrogen) atoms. The third-order valence-electron chi connectivity index (χ3n) is 11.6. The Bertz CT molecular complexity index is 2370. The van der Waals surface area contributed by atoms with Crippen molar-refractivity contribution in [3.05, 3.63) is 56.6 Å². The van der Waals surface area contributed by atoms with E-state index in [1.807, 2.05) is 33.1 Å². The molecular formula is C42H67ClN12O5S2Si. The van der Waals surface area contributed by atoms with Gasteiger partial charge in [0.2, 0.25) is 11.9 Å². The van der Waals surface area contributed by atoms with Crippen molar-refractivity contribution in [2.24, 2.45) is 5.73 Å². The molecule has 0 fully saturated rings. The number of benzene rings is 2. The number of H-pyrrole nitrogens is 1. The van der Waals surface area contributed by atoms with E-state index in [2.05, 4.69) is 77.3 Å². The highest BCUT2D eigenvalue weighted by Crippen LogP contribution is 2.41. The van der Waals surface area contributed by atoms with Crippen LogP contribution in [-0.4, -0.2) is 126 Å². The second-order valence-electron chi connectivity index (χ2n) is 18.5. The monoisotopic (exact) mass is 946 g/mol. The number of aryl methyl sites for hydroxylation is 4. The molecule has 0 radical (unpaired) electrons.